The Morgan fingerprint density at radius 1 is 1.21 bits per heavy atom. The fraction of sp³-hybridized carbons (Fsp3) is 0.294. The number of aromatic nitrogens is 4. The maximum absolute atomic E-state index is 10.9. The van der Waals surface area contributed by atoms with Crippen molar-refractivity contribution < 1.29 is 4.79 Å². The molecule has 2 aromatic heterocycles. The third-order valence-electron chi connectivity index (χ3n) is 3.78. The van der Waals surface area contributed by atoms with E-state index in [0.717, 1.165) is 29.7 Å². The Labute approximate surface area is 139 Å². The maximum Gasteiger partial charge on any atom is 0.219 e. The van der Waals surface area contributed by atoms with Crippen LogP contribution in [0, 0.1) is 0 Å². The molecule has 1 amide bonds. The molecule has 0 saturated carbocycles. The molecule has 0 aliphatic heterocycles. The molecule has 0 fully saturated rings. The van der Waals surface area contributed by atoms with E-state index in [4.69, 9.17) is 5.73 Å². The van der Waals surface area contributed by atoms with Gasteiger partial charge < -0.3 is 11.1 Å². The zero-order valence-corrected chi connectivity index (χ0v) is 13.6. The van der Waals surface area contributed by atoms with Crippen molar-refractivity contribution in [3.63, 3.8) is 0 Å². The summed E-state index contributed by atoms with van der Waals surface area (Å²) >= 11 is 0. The van der Waals surface area contributed by atoms with Crippen LogP contribution in [-0.4, -0.2) is 32.2 Å². The average molecular weight is 324 g/mol. The maximum atomic E-state index is 10.9. The zero-order valence-electron chi connectivity index (χ0n) is 13.6. The summed E-state index contributed by atoms with van der Waals surface area (Å²) in [4.78, 5) is 20.1. The predicted molar refractivity (Wildman–Crippen MR) is 92.5 cm³/mol. The van der Waals surface area contributed by atoms with Crippen LogP contribution in [0.3, 0.4) is 0 Å². The number of aryl methyl sites for hydroxylation is 3. The van der Waals surface area contributed by atoms with Crippen LogP contribution in [0.25, 0.3) is 11.0 Å². The van der Waals surface area contributed by atoms with Crippen LogP contribution in [0.1, 0.15) is 17.8 Å². The van der Waals surface area contributed by atoms with Crippen LogP contribution >= 0.6 is 0 Å². The molecule has 3 N–H and O–H groups in total. The Bertz CT molecular complexity index is 843. The van der Waals surface area contributed by atoms with Crippen molar-refractivity contribution in [3.05, 3.63) is 47.9 Å². The highest BCUT2D eigenvalue weighted by Gasteiger charge is 2.11. The SMILES string of the molecule is Cn1ncc2c(NCCC(N)=O)nc(CCc3ccccc3)nc21. The molecule has 7 heteroatoms. The Hall–Kier alpha value is -2.96. The van der Waals surface area contributed by atoms with Gasteiger partial charge in [0.15, 0.2) is 5.65 Å². The number of amides is 1. The highest BCUT2D eigenvalue weighted by Crippen LogP contribution is 2.20. The normalized spacial score (nSPS) is 10.9. The Morgan fingerprint density at radius 3 is 2.75 bits per heavy atom. The third-order valence-corrected chi connectivity index (χ3v) is 3.78. The summed E-state index contributed by atoms with van der Waals surface area (Å²) in [5.74, 6) is 1.09. The molecule has 7 nitrogen and oxygen atoms in total. The third kappa shape index (κ3) is 3.68. The monoisotopic (exact) mass is 324 g/mol. The van der Waals surface area contributed by atoms with E-state index < -0.39 is 0 Å². The molecule has 0 unspecified atom stereocenters. The number of anilines is 1. The predicted octanol–water partition coefficient (Wildman–Crippen LogP) is 1.44. The van der Waals surface area contributed by atoms with E-state index >= 15 is 0 Å². The smallest absolute Gasteiger partial charge is 0.219 e. The van der Waals surface area contributed by atoms with Crippen molar-refractivity contribution in [2.45, 2.75) is 19.3 Å². The minimum Gasteiger partial charge on any atom is -0.370 e. The lowest BCUT2D eigenvalue weighted by molar-refractivity contribution is -0.117. The lowest BCUT2D eigenvalue weighted by Crippen LogP contribution is -2.16. The summed E-state index contributed by atoms with van der Waals surface area (Å²) in [6.07, 6.45) is 3.58. The molecule has 0 radical (unpaired) electrons. The standard InChI is InChI=1S/C17H20N6O/c1-23-17-13(11-20-23)16(19-10-9-14(18)24)21-15(22-17)8-7-12-5-3-2-4-6-12/h2-6,11H,7-10H2,1H3,(H2,18,24)(H,19,21,22). The first-order valence-electron chi connectivity index (χ1n) is 7.88. The molecule has 0 saturated heterocycles. The number of carbonyl (C=O) groups excluding carboxylic acids is 1. The summed E-state index contributed by atoms with van der Waals surface area (Å²) in [7, 11) is 1.85. The molecule has 1 aromatic carbocycles. The number of hydrogen-bond donors (Lipinski definition) is 2. The second kappa shape index (κ2) is 7.08. The number of fused-ring (bicyclic) bond motifs is 1. The van der Waals surface area contributed by atoms with Crippen LogP contribution < -0.4 is 11.1 Å². The van der Waals surface area contributed by atoms with Gasteiger partial charge in [-0.25, -0.2) is 9.97 Å². The quantitative estimate of drug-likeness (QED) is 0.685. The molecule has 3 rings (SSSR count). The molecule has 2 heterocycles. The second-order valence-electron chi connectivity index (χ2n) is 5.62. The summed E-state index contributed by atoms with van der Waals surface area (Å²) in [6.45, 7) is 0.439. The van der Waals surface area contributed by atoms with Crippen molar-refractivity contribution in [3.8, 4) is 0 Å². The van der Waals surface area contributed by atoms with Gasteiger partial charge in [-0.3, -0.25) is 9.48 Å². The van der Waals surface area contributed by atoms with E-state index in [2.05, 4.69) is 32.5 Å². The van der Waals surface area contributed by atoms with E-state index in [1.165, 1.54) is 5.56 Å². The van der Waals surface area contributed by atoms with Crippen LogP contribution in [0.2, 0.25) is 0 Å². The Kier molecular flexibility index (Phi) is 4.69. The zero-order chi connectivity index (χ0) is 16.9. The van der Waals surface area contributed by atoms with Gasteiger partial charge in [-0.15, -0.1) is 0 Å². The van der Waals surface area contributed by atoms with E-state index in [1.807, 2.05) is 25.2 Å². The summed E-state index contributed by atoms with van der Waals surface area (Å²) in [5.41, 5.74) is 7.20. The summed E-state index contributed by atoms with van der Waals surface area (Å²) < 4.78 is 1.72. The fourth-order valence-electron chi connectivity index (χ4n) is 2.52. The molecule has 24 heavy (non-hydrogen) atoms. The van der Waals surface area contributed by atoms with Gasteiger partial charge in [0, 0.05) is 26.4 Å². The van der Waals surface area contributed by atoms with E-state index in [0.29, 0.717) is 12.4 Å². The summed E-state index contributed by atoms with van der Waals surface area (Å²) in [6, 6.07) is 10.2. The van der Waals surface area contributed by atoms with Gasteiger partial charge >= 0.3 is 0 Å². The van der Waals surface area contributed by atoms with Gasteiger partial charge in [0.05, 0.1) is 11.6 Å². The molecule has 0 aliphatic rings. The highest BCUT2D eigenvalue weighted by atomic mass is 16.1. The number of nitrogens with two attached hydrogens (primary N) is 1. The topological polar surface area (TPSA) is 98.7 Å². The average Bonchev–Trinajstić information content (AvgIpc) is 2.95. The number of nitrogens with one attached hydrogen (secondary N) is 1. The molecule has 124 valence electrons. The van der Waals surface area contributed by atoms with Crippen molar-refractivity contribution in [2.24, 2.45) is 12.8 Å². The van der Waals surface area contributed by atoms with Crippen molar-refractivity contribution in [2.75, 3.05) is 11.9 Å². The van der Waals surface area contributed by atoms with Gasteiger partial charge in [-0.05, 0) is 12.0 Å². The van der Waals surface area contributed by atoms with Gasteiger partial charge in [-0.1, -0.05) is 30.3 Å². The lowest BCUT2D eigenvalue weighted by Gasteiger charge is -2.08. The van der Waals surface area contributed by atoms with Gasteiger partial charge in [-0.2, -0.15) is 5.10 Å². The van der Waals surface area contributed by atoms with Crippen molar-refractivity contribution >= 4 is 22.8 Å². The Balaban J connectivity index is 1.82. The number of primary amides is 1. The van der Waals surface area contributed by atoms with E-state index in [9.17, 15) is 4.79 Å². The van der Waals surface area contributed by atoms with Crippen molar-refractivity contribution in [1.29, 1.82) is 0 Å². The number of benzene rings is 1. The summed E-state index contributed by atoms with van der Waals surface area (Å²) in [5, 5.41) is 8.25. The Morgan fingerprint density at radius 2 is 2.00 bits per heavy atom. The molecule has 0 bridgehead atoms. The largest absolute Gasteiger partial charge is 0.370 e. The molecule has 3 aromatic rings. The first-order valence-corrected chi connectivity index (χ1v) is 7.88. The number of hydrogen-bond acceptors (Lipinski definition) is 5. The second-order valence-corrected chi connectivity index (χ2v) is 5.62. The first kappa shape index (κ1) is 15.9. The van der Waals surface area contributed by atoms with Crippen LogP contribution in [0.4, 0.5) is 5.82 Å². The van der Waals surface area contributed by atoms with E-state index in [1.54, 1.807) is 10.9 Å². The van der Waals surface area contributed by atoms with Gasteiger partial charge in [0.25, 0.3) is 0 Å². The molecule has 0 atom stereocenters. The molecular weight excluding hydrogens is 304 g/mol. The number of nitrogens with zero attached hydrogens (tertiary/aromatic N) is 4. The van der Waals surface area contributed by atoms with Crippen LogP contribution in [-0.2, 0) is 24.7 Å². The van der Waals surface area contributed by atoms with Crippen LogP contribution in [0.5, 0.6) is 0 Å². The molecule has 0 spiro atoms. The van der Waals surface area contributed by atoms with E-state index in [-0.39, 0.29) is 12.3 Å². The van der Waals surface area contributed by atoms with Gasteiger partial charge in [0.1, 0.15) is 11.6 Å². The molecular formula is C17H20N6O. The first-order chi connectivity index (χ1) is 11.6. The number of rotatable bonds is 7. The van der Waals surface area contributed by atoms with Crippen molar-refractivity contribution in [1.82, 2.24) is 19.7 Å². The van der Waals surface area contributed by atoms with Crippen LogP contribution in [0.15, 0.2) is 36.5 Å². The van der Waals surface area contributed by atoms with Gasteiger partial charge in [0.2, 0.25) is 5.91 Å². The fourth-order valence-corrected chi connectivity index (χ4v) is 2.52. The number of carbonyl (C=O) groups is 1. The highest BCUT2D eigenvalue weighted by molar-refractivity contribution is 5.86. The lowest BCUT2D eigenvalue weighted by atomic mass is 10.1. The minimum atomic E-state index is -0.344. The molecule has 0 aliphatic carbocycles. The minimum absolute atomic E-state index is 0.255.